The Kier molecular flexibility index (Phi) is 7.60. The highest BCUT2D eigenvalue weighted by molar-refractivity contribution is 5.81. The Bertz CT molecular complexity index is 593. The zero-order valence-corrected chi connectivity index (χ0v) is 16.6. The minimum absolute atomic E-state index is 0.261. The van der Waals surface area contributed by atoms with Gasteiger partial charge in [-0.25, -0.2) is 0 Å². The average Bonchev–Trinajstić information content (AvgIpc) is 3.38. The number of nitrogens with zero attached hydrogens (tertiary/aromatic N) is 2. The summed E-state index contributed by atoms with van der Waals surface area (Å²) >= 11 is 0. The molecular weight excluding hydrogens is 340 g/mol. The summed E-state index contributed by atoms with van der Waals surface area (Å²) in [6.45, 7) is 5.36. The lowest BCUT2D eigenvalue weighted by Gasteiger charge is -2.26. The van der Waals surface area contributed by atoms with Crippen molar-refractivity contribution in [1.82, 2.24) is 15.5 Å². The van der Waals surface area contributed by atoms with Crippen LogP contribution in [-0.2, 0) is 11.2 Å². The number of carbonyl (C=O) groups is 1. The van der Waals surface area contributed by atoms with Crippen LogP contribution >= 0.6 is 0 Å². The van der Waals surface area contributed by atoms with Crippen molar-refractivity contribution < 1.29 is 9.21 Å². The van der Waals surface area contributed by atoms with E-state index in [9.17, 15) is 4.79 Å². The largest absolute Gasteiger partial charge is 0.469 e. The van der Waals surface area contributed by atoms with Crippen molar-refractivity contribution in [1.29, 1.82) is 0 Å². The summed E-state index contributed by atoms with van der Waals surface area (Å²) in [6.07, 6.45) is 10.4. The van der Waals surface area contributed by atoms with Crippen LogP contribution in [0.15, 0.2) is 27.8 Å². The van der Waals surface area contributed by atoms with Gasteiger partial charge in [0.15, 0.2) is 5.96 Å². The maximum Gasteiger partial charge on any atom is 0.225 e. The van der Waals surface area contributed by atoms with Crippen molar-refractivity contribution in [2.75, 3.05) is 26.2 Å². The first kappa shape index (κ1) is 19.8. The molecule has 2 aliphatic rings. The van der Waals surface area contributed by atoms with Gasteiger partial charge in [0.1, 0.15) is 5.76 Å². The van der Waals surface area contributed by atoms with E-state index in [0.29, 0.717) is 5.91 Å². The molecule has 1 saturated carbocycles. The number of aliphatic imine (C=N–C) groups is 1. The number of amides is 1. The van der Waals surface area contributed by atoms with E-state index >= 15 is 0 Å². The lowest BCUT2D eigenvalue weighted by molar-refractivity contribution is -0.135. The van der Waals surface area contributed by atoms with Crippen LogP contribution in [0.2, 0.25) is 0 Å². The molecule has 0 bridgehead atoms. The van der Waals surface area contributed by atoms with Gasteiger partial charge in [0.25, 0.3) is 0 Å². The highest BCUT2D eigenvalue weighted by Gasteiger charge is 2.31. The fourth-order valence-electron chi connectivity index (χ4n) is 4.01. The van der Waals surface area contributed by atoms with Crippen LogP contribution in [0.25, 0.3) is 0 Å². The smallest absolute Gasteiger partial charge is 0.225 e. The Labute approximate surface area is 162 Å². The van der Waals surface area contributed by atoms with Gasteiger partial charge in [0, 0.05) is 44.6 Å². The minimum atomic E-state index is 0.261. The molecule has 2 N–H and O–H groups in total. The van der Waals surface area contributed by atoms with Gasteiger partial charge in [-0.1, -0.05) is 26.2 Å². The van der Waals surface area contributed by atoms with E-state index in [-0.39, 0.29) is 12.0 Å². The van der Waals surface area contributed by atoms with E-state index in [0.717, 1.165) is 70.0 Å². The van der Waals surface area contributed by atoms with Crippen molar-refractivity contribution in [2.45, 2.75) is 64.3 Å². The van der Waals surface area contributed by atoms with Crippen LogP contribution in [-0.4, -0.2) is 49.0 Å². The average molecular weight is 375 g/mol. The Morgan fingerprint density at radius 1 is 1.30 bits per heavy atom. The predicted octanol–water partition coefficient (Wildman–Crippen LogP) is 2.95. The normalized spacial score (nSPS) is 21.4. The van der Waals surface area contributed by atoms with Crippen LogP contribution in [0.1, 0.15) is 57.6 Å². The molecule has 0 radical (unpaired) electrons. The molecule has 1 aromatic rings. The summed E-state index contributed by atoms with van der Waals surface area (Å²) in [6, 6.07) is 4.18. The second-order valence-corrected chi connectivity index (χ2v) is 7.74. The van der Waals surface area contributed by atoms with Gasteiger partial charge in [0.05, 0.1) is 6.26 Å². The Morgan fingerprint density at radius 2 is 2.15 bits per heavy atom. The van der Waals surface area contributed by atoms with E-state index in [2.05, 4.69) is 27.4 Å². The summed E-state index contributed by atoms with van der Waals surface area (Å²) in [5.41, 5.74) is 0. The van der Waals surface area contributed by atoms with Crippen LogP contribution in [0.5, 0.6) is 0 Å². The zero-order chi connectivity index (χ0) is 18.9. The van der Waals surface area contributed by atoms with Gasteiger partial charge in [0.2, 0.25) is 5.91 Å². The Hall–Kier alpha value is -1.98. The van der Waals surface area contributed by atoms with E-state index in [1.165, 1.54) is 19.3 Å². The van der Waals surface area contributed by atoms with Crippen molar-refractivity contribution in [3.05, 3.63) is 24.2 Å². The maximum absolute atomic E-state index is 12.7. The first-order valence-corrected chi connectivity index (χ1v) is 10.6. The molecule has 6 heteroatoms. The maximum atomic E-state index is 12.7. The first-order chi connectivity index (χ1) is 13.3. The van der Waals surface area contributed by atoms with Gasteiger partial charge >= 0.3 is 0 Å². The van der Waals surface area contributed by atoms with Crippen LogP contribution in [0.3, 0.4) is 0 Å². The number of likely N-dealkylation sites (tertiary alicyclic amines) is 1. The minimum Gasteiger partial charge on any atom is -0.469 e. The number of rotatable bonds is 7. The highest BCUT2D eigenvalue weighted by atomic mass is 16.3. The summed E-state index contributed by atoms with van der Waals surface area (Å²) < 4.78 is 5.38. The third-order valence-corrected chi connectivity index (χ3v) is 5.53. The van der Waals surface area contributed by atoms with Crippen LogP contribution in [0, 0.1) is 5.92 Å². The highest BCUT2D eigenvalue weighted by Crippen LogP contribution is 2.26. The van der Waals surface area contributed by atoms with Crippen molar-refractivity contribution in [2.24, 2.45) is 10.9 Å². The molecule has 1 saturated heterocycles. The second kappa shape index (κ2) is 10.4. The Balaban J connectivity index is 1.46. The summed E-state index contributed by atoms with van der Waals surface area (Å²) in [7, 11) is 0. The third kappa shape index (κ3) is 6.01. The number of carbonyl (C=O) groups excluding carboxylic acids is 1. The Morgan fingerprint density at radius 3 is 2.89 bits per heavy atom. The van der Waals surface area contributed by atoms with Crippen molar-refractivity contribution >= 4 is 11.9 Å². The standard InChI is InChI=1S/C21H34N4O2/c1-2-12-22-21(23-13-10-19-9-6-15-27-19)24-18-11-14-25(16-18)20(26)17-7-4-3-5-8-17/h6,9,15,17-18H,2-5,7-8,10-14,16H2,1H3,(H2,22,23,24). The van der Waals surface area contributed by atoms with Crippen LogP contribution < -0.4 is 10.6 Å². The van der Waals surface area contributed by atoms with Gasteiger partial charge < -0.3 is 20.0 Å². The monoisotopic (exact) mass is 374 g/mol. The molecular formula is C21H34N4O2. The molecule has 1 aromatic heterocycles. The number of nitrogens with one attached hydrogen (secondary N) is 2. The van der Waals surface area contributed by atoms with E-state index in [4.69, 9.17) is 4.42 Å². The SMILES string of the molecule is CCCN=C(NCCc1ccco1)NC1CCN(C(=O)C2CCCCC2)C1. The second-order valence-electron chi connectivity index (χ2n) is 7.74. The first-order valence-electron chi connectivity index (χ1n) is 10.6. The lowest BCUT2D eigenvalue weighted by Crippen LogP contribution is -2.46. The van der Waals surface area contributed by atoms with Gasteiger partial charge in [-0.2, -0.15) is 0 Å². The van der Waals surface area contributed by atoms with E-state index in [1.54, 1.807) is 6.26 Å². The van der Waals surface area contributed by atoms with Gasteiger partial charge in [-0.05, 0) is 37.8 Å². The van der Waals surface area contributed by atoms with E-state index < -0.39 is 0 Å². The molecule has 6 nitrogen and oxygen atoms in total. The number of hydrogen-bond donors (Lipinski definition) is 2. The summed E-state index contributed by atoms with van der Waals surface area (Å²) in [5.74, 6) is 2.46. The third-order valence-electron chi connectivity index (χ3n) is 5.53. The summed E-state index contributed by atoms with van der Waals surface area (Å²) in [4.78, 5) is 19.5. The molecule has 27 heavy (non-hydrogen) atoms. The van der Waals surface area contributed by atoms with E-state index in [1.807, 2.05) is 12.1 Å². The number of guanidine groups is 1. The van der Waals surface area contributed by atoms with Gasteiger partial charge in [-0.3, -0.25) is 9.79 Å². The van der Waals surface area contributed by atoms with Crippen molar-refractivity contribution in [3.63, 3.8) is 0 Å². The zero-order valence-electron chi connectivity index (χ0n) is 16.6. The topological polar surface area (TPSA) is 69.9 Å². The quantitative estimate of drug-likeness (QED) is 0.569. The lowest BCUT2D eigenvalue weighted by atomic mass is 9.88. The fraction of sp³-hybridized carbons (Fsp3) is 0.714. The van der Waals surface area contributed by atoms with Crippen LogP contribution in [0.4, 0.5) is 0 Å². The number of furan rings is 1. The van der Waals surface area contributed by atoms with Crippen molar-refractivity contribution in [3.8, 4) is 0 Å². The fourth-order valence-corrected chi connectivity index (χ4v) is 4.01. The molecule has 2 fully saturated rings. The summed E-state index contributed by atoms with van der Waals surface area (Å²) in [5, 5.41) is 6.94. The molecule has 1 aliphatic heterocycles. The predicted molar refractivity (Wildman–Crippen MR) is 108 cm³/mol. The molecule has 150 valence electrons. The molecule has 1 amide bonds. The van der Waals surface area contributed by atoms with Gasteiger partial charge in [-0.15, -0.1) is 0 Å². The molecule has 1 atom stereocenters. The molecule has 1 aliphatic carbocycles. The molecule has 0 aromatic carbocycles. The molecule has 1 unspecified atom stereocenters. The number of hydrogen-bond acceptors (Lipinski definition) is 3. The molecule has 0 spiro atoms. The molecule has 3 rings (SSSR count). The molecule has 2 heterocycles.